The van der Waals surface area contributed by atoms with Crippen molar-refractivity contribution in [3.8, 4) is 10.6 Å². The predicted molar refractivity (Wildman–Crippen MR) is 88.8 cm³/mol. The largest absolute Gasteiger partial charge is 0.314 e. The molecule has 0 atom stereocenters. The number of benzene rings is 2. The average molecular weight is 317 g/mol. The molecule has 0 aliphatic heterocycles. The van der Waals surface area contributed by atoms with Gasteiger partial charge in [-0.05, 0) is 18.2 Å². The van der Waals surface area contributed by atoms with E-state index < -0.39 is 0 Å². The third-order valence-electron chi connectivity index (χ3n) is 2.82. The van der Waals surface area contributed by atoms with E-state index in [-0.39, 0.29) is 0 Å². The van der Waals surface area contributed by atoms with Gasteiger partial charge < -0.3 is 4.18 Å². The van der Waals surface area contributed by atoms with Crippen LogP contribution in [0.3, 0.4) is 0 Å². The van der Waals surface area contributed by atoms with Gasteiger partial charge in [-0.15, -0.1) is 11.3 Å². The molecule has 0 saturated carbocycles. The molecule has 1 heterocycles. The van der Waals surface area contributed by atoms with Gasteiger partial charge >= 0.3 is 0 Å². The van der Waals surface area contributed by atoms with Crippen molar-refractivity contribution in [2.45, 2.75) is 4.90 Å². The van der Waals surface area contributed by atoms with Gasteiger partial charge in [-0.1, -0.05) is 42.5 Å². The van der Waals surface area contributed by atoms with Gasteiger partial charge in [0.05, 0.1) is 12.6 Å². The van der Waals surface area contributed by atoms with E-state index in [1.807, 2.05) is 48.5 Å². The van der Waals surface area contributed by atoms with Crippen molar-refractivity contribution in [2.75, 3.05) is 7.11 Å². The maximum absolute atomic E-state index is 5.46. The van der Waals surface area contributed by atoms with Gasteiger partial charge in [-0.25, -0.2) is 4.98 Å². The Bertz CT molecular complexity index is 796. The fraction of sp³-hybridized carbons (Fsp3) is 0.0667. The quantitative estimate of drug-likeness (QED) is 0.480. The Hall–Kier alpha value is -1.27. The fourth-order valence-electron chi connectivity index (χ4n) is 1.89. The van der Waals surface area contributed by atoms with Crippen molar-refractivity contribution in [3.63, 3.8) is 0 Å². The molecule has 5 heteroatoms. The molecule has 100 valence electrons. The topological polar surface area (TPSA) is 22.1 Å². The van der Waals surface area contributed by atoms with Gasteiger partial charge in [-0.2, -0.15) is 0 Å². The van der Waals surface area contributed by atoms with Gasteiger partial charge in [0, 0.05) is 27.9 Å². The van der Waals surface area contributed by atoms with Crippen LogP contribution in [0.2, 0.25) is 0 Å². The summed E-state index contributed by atoms with van der Waals surface area (Å²) in [6.07, 6.45) is 0. The second kappa shape index (κ2) is 6.01. The lowest BCUT2D eigenvalue weighted by molar-refractivity contribution is 0.490. The Morgan fingerprint density at radius 3 is 2.60 bits per heavy atom. The van der Waals surface area contributed by atoms with E-state index in [9.17, 15) is 0 Å². The van der Waals surface area contributed by atoms with Gasteiger partial charge in [0.15, 0.2) is 0 Å². The molecular formula is C15H11NOS3. The first kappa shape index (κ1) is 13.7. The smallest absolute Gasteiger partial charge is 0.125 e. The highest BCUT2D eigenvalue weighted by Gasteiger charge is 2.05. The van der Waals surface area contributed by atoms with Crippen molar-refractivity contribution in [1.82, 2.24) is 4.98 Å². The first-order valence-electron chi connectivity index (χ1n) is 5.99. The van der Waals surface area contributed by atoms with Crippen LogP contribution in [0.15, 0.2) is 53.4 Å². The molecule has 0 saturated heterocycles. The van der Waals surface area contributed by atoms with Gasteiger partial charge in [-0.3, -0.25) is 0 Å². The van der Waals surface area contributed by atoms with Crippen LogP contribution in [0.5, 0.6) is 0 Å². The van der Waals surface area contributed by atoms with E-state index in [0.717, 1.165) is 30.2 Å². The molecule has 0 unspecified atom stereocenters. The molecule has 0 N–H and O–H groups in total. The van der Waals surface area contributed by atoms with E-state index in [0.29, 0.717) is 0 Å². The minimum absolute atomic E-state index is 0.876. The summed E-state index contributed by atoms with van der Waals surface area (Å²) in [7, 11) is 1.66. The van der Waals surface area contributed by atoms with Crippen molar-refractivity contribution in [3.05, 3.63) is 52.4 Å². The number of aromatic nitrogens is 1. The number of para-hydroxylation sites is 1. The van der Waals surface area contributed by atoms with Crippen LogP contribution in [0.4, 0.5) is 0 Å². The number of hydrogen-bond acceptors (Lipinski definition) is 5. The molecule has 3 aromatic rings. The first-order chi connectivity index (χ1) is 9.78. The molecule has 0 bridgehead atoms. The van der Waals surface area contributed by atoms with Crippen LogP contribution in [0, 0.1) is 3.82 Å². The van der Waals surface area contributed by atoms with E-state index in [4.69, 9.17) is 21.4 Å². The lowest BCUT2D eigenvalue weighted by Crippen LogP contribution is -1.84. The highest BCUT2D eigenvalue weighted by Crippen LogP contribution is 2.29. The zero-order chi connectivity index (χ0) is 13.9. The lowest BCUT2D eigenvalue weighted by atomic mass is 10.2. The molecular weight excluding hydrogens is 306 g/mol. The zero-order valence-corrected chi connectivity index (χ0v) is 13.1. The maximum atomic E-state index is 5.46. The van der Waals surface area contributed by atoms with E-state index in [1.165, 1.54) is 12.0 Å². The Labute approximate surface area is 130 Å². The number of nitrogens with zero attached hydrogens (tertiary/aromatic N) is 1. The number of hydrogen-bond donors (Lipinski definition) is 0. The second-order valence-electron chi connectivity index (χ2n) is 4.10. The summed E-state index contributed by atoms with van der Waals surface area (Å²) in [6.45, 7) is 0. The lowest BCUT2D eigenvalue weighted by Gasteiger charge is -2.04. The fourth-order valence-corrected chi connectivity index (χ4v) is 3.60. The van der Waals surface area contributed by atoms with Crippen LogP contribution in [0.1, 0.15) is 0 Å². The van der Waals surface area contributed by atoms with Crippen LogP contribution >= 0.6 is 35.6 Å². The van der Waals surface area contributed by atoms with E-state index in [2.05, 4.69) is 0 Å². The van der Waals surface area contributed by atoms with Crippen LogP contribution in [0.25, 0.3) is 21.5 Å². The van der Waals surface area contributed by atoms with Gasteiger partial charge in [0.2, 0.25) is 0 Å². The standard InChI is InChI=1S/C15H11NOS3/c1-17-20-11-8-6-10(7-9-11)14-16-13-5-3-2-4-12(13)15(18)19-14/h2-9H,1H3. The van der Waals surface area contributed by atoms with Crippen LogP contribution in [-0.2, 0) is 4.18 Å². The summed E-state index contributed by atoms with van der Waals surface area (Å²) in [6, 6.07) is 16.1. The van der Waals surface area contributed by atoms with Crippen molar-refractivity contribution >= 4 is 46.5 Å². The Morgan fingerprint density at radius 2 is 1.85 bits per heavy atom. The van der Waals surface area contributed by atoms with Crippen LogP contribution < -0.4 is 0 Å². The summed E-state index contributed by atoms with van der Waals surface area (Å²) < 4.78 is 5.91. The minimum Gasteiger partial charge on any atom is -0.314 e. The van der Waals surface area contributed by atoms with Crippen molar-refractivity contribution in [1.29, 1.82) is 0 Å². The molecule has 2 aromatic carbocycles. The SMILES string of the molecule is COSc1ccc(-c2nc3ccccc3c(=S)s2)cc1. The minimum atomic E-state index is 0.876. The summed E-state index contributed by atoms with van der Waals surface area (Å²) in [5.41, 5.74) is 2.02. The van der Waals surface area contributed by atoms with Crippen LogP contribution in [-0.4, -0.2) is 12.1 Å². The molecule has 1 aromatic heterocycles. The zero-order valence-electron chi connectivity index (χ0n) is 10.7. The summed E-state index contributed by atoms with van der Waals surface area (Å²) >= 11 is 8.36. The van der Waals surface area contributed by atoms with Crippen molar-refractivity contribution < 1.29 is 4.18 Å². The number of fused-ring (bicyclic) bond motifs is 1. The Morgan fingerprint density at radius 1 is 1.10 bits per heavy atom. The van der Waals surface area contributed by atoms with Gasteiger partial charge in [0.1, 0.15) is 8.83 Å². The second-order valence-corrected chi connectivity index (χ2v) is 6.74. The third kappa shape index (κ3) is 2.76. The molecule has 0 radical (unpaired) electrons. The molecule has 0 aliphatic carbocycles. The maximum Gasteiger partial charge on any atom is 0.125 e. The molecule has 3 rings (SSSR count). The molecule has 2 nitrogen and oxygen atoms in total. The Kier molecular flexibility index (Phi) is 4.12. The average Bonchev–Trinajstić information content (AvgIpc) is 2.48. The molecule has 0 spiro atoms. The first-order valence-corrected chi connectivity index (χ1v) is 7.95. The summed E-state index contributed by atoms with van der Waals surface area (Å²) in [5, 5.41) is 1.99. The molecule has 0 aliphatic rings. The molecule has 0 fully saturated rings. The number of rotatable bonds is 3. The normalized spacial score (nSPS) is 10.8. The Balaban J connectivity index is 2.07. The molecule has 0 amide bonds. The summed E-state index contributed by atoms with van der Waals surface area (Å²) in [4.78, 5) is 5.77. The molecule has 20 heavy (non-hydrogen) atoms. The highest BCUT2D eigenvalue weighted by atomic mass is 32.2. The third-order valence-corrected chi connectivity index (χ3v) is 4.84. The highest BCUT2D eigenvalue weighted by molar-refractivity contribution is 7.94. The summed E-state index contributed by atoms with van der Waals surface area (Å²) in [5.74, 6) is 0. The van der Waals surface area contributed by atoms with E-state index >= 15 is 0 Å². The predicted octanol–water partition coefficient (Wildman–Crippen LogP) is 5.35. The van der Waals surface area contributed by atoms with E-state index in [1.54, 1.807) is 18.4 Å². The van der Waals surface area contributed by atoms with Gasteiger partial charge in [0.25, 0.3) is 0 Å². The monoisotopic (exact) mass is 317 g/mol. The van der Waals surface area contributed by atoms with Crippen molar-refractivity contribution in [2.24, 2.45) is 0 Å².